The summed E-state index contributed by atoms with van der Waals surface area (Å²) in [5.74, 6) is -1.40. The highest BCUT2D eigenvalue weighted by molar-refractivity contribution is 7.92. The number of anilines is 1. The number of carboxylic acids is 1. The van der Waals surface area contributed by atoms with Crippen LogP contribution in [0.2, 0.25) is 0 Å². The molecule has 2 aromatic rings. The maximum atomic E-state index is 13.2. The summed E-state index contributed by atoms with van der Waals surface area (Å²) in [6.45, 7) is 1.84. The Morgan fingerprint density at radius 1 is 1.23 bits per heavy atom. The van der Waals surface area contributed by atoms with Crippen LogP contribution in [0, 0.1) is 12.7 Å². The van der Waals surface area contributed by atoms with Crippen LogP contribution >= 0.6 is 0 Å². The lowest BCUT2D eigenvalue weighted by Gasteiger charge is -2.29. The molecular weight excluding hydrogens is 361 g/mol. The van der Waals surface area contributed by atoms with Crippen molar-refractivity contribution in [2.45, 2.75) is 19.4 Å². The van der Waals surface area contributed by atoms with Gasteiger partial charge < -0.3 is 9.84 Å². The number of ether oxygens (including phenoxy) is 1. The number of carboxylic acid groups (broad SMARTS) is 1. The van der Waals surface area contributed by atoms with Crippen LogP contribution in [0.3, 0.4) is 0 Å². The summed E-state index contributed by atoms with van der Waals surface area (Å²) >= 11 is 0. The number of aliphatic carboxylic acids is 1. The fourth-order valence-corrected chi connectivity index (χ4v) is 3.87. The van der Waals surface area contributed by atoms with E-state index >= 15 is 0 Å². The van der Waals surface area contributed by atoms with Crippen LogP contribution in [0.15, 0.2) is 42.5 Å². The van der Waals surface area contributed by atoms with Crippen molar-refractivity contribution in [2.24, 2.45) is 0 Å². The predicted octanol–water partition coefficient (Wildman–Crippen LogP) is 2.60. The second kappa shape index (κ2) is 7.74. The molecule has 0 fully saturated rings. The van der Waals surface area contributed by atoms with E-state index in [4.69, 9.17) is 4.74 Å². The van der Waals surface area contributed by atoms with Crippen LogP contribution in [0.25, 0.3) is 0 Å². The van der Waals surface area contributed by atoms with E-state index in [0.29, 0.717) is 11.3 Å². The van der Waals surface area contributed by atoms with Gasteiger partial charge >= 0.3 is 5.97 Å². The van der Waals surface area contributed by atoms with Crippen molar-refractivity contribution < 1.29 is 27.4 Å². The van der Waals surface area contributed by atoms with Gasteiger partial charge in [0.1, 0.15) is 17.6 Å². The lowest BCUT2D eigenvalue weighted by molar-refractivity contribution is -0.138. The standard InChI is InChI=1S/C18H20FNO5S/c1-12-4-9-17(25-2)13(10-12)11-16(18(21)22)20(26(3,23)24)15-7-5-14(19)6-8-15/h4-10,16H,11H2,1-3H3,(H,21,22). The summed E-state index contributed by atoms with van der Waals surface area (Å²) in [5.41, 5.74) is 1.53. The van der Waals surface area contributed by atoms with Gasteiger partial charge in [-0.2, -0.15) is 0 Å². The summed E-state index contributed by atoms with van der Waals surface area (Å²) in [6.07, 6.45) is 0.810. The SMILES string of the molecule is COc1ccc(C)cc1CC(C(=O)O)N(c1ccc(F)cc1)S(C)(=O)=O. The van der Waals surface area contributed by atoms with Crippen LogP contribution in [-0.2, 0) is 21.2 Å². The van der Waals surface area contributed by atoms with Crippen molar-refractivity contribution in [2.75, 3.05) is 17.7 Å². The van der Waals surface area contributed by atoms with Crippen molar-refractivity contribution in [3.05, 3.63) is 59.4 Å². The molecule has 1 N–H and O–H groups in total. The molecule has 2 aromatic carbocycles. The average molecular weight is 381 g/mol. The first kappa shape index (κ1) is 19.7. The normalized spacial score (nSPS) is 12.5. The second-order valence-electron chi connectivity index (χ2n) is 5.91. The quantitative estimate of drug-likeness (QED) is 0.797. The highest BCUT2D eigenvalue weighted by Gasteiger charge is 2.33. The Balaban J connectivity index is 2.53. The Morgan fingerprint density at radius 3 is 2.35 bits per heavy atom. The lowest BCUT2D eigenvalue weighted by Crippen LogP contribution is -2.46. The van der Waals surface area contributed by atoms with Gasteiger partial charge in [-0.3, -0.25) is 4.31 Å². The number of hydrogen-bond acceptors (Lipinski definition) is 4. The average Bonchev–Trinajstić information content (AvgIpc) is 2.55. The van der Waals surface area contributed by atoms with Gasteiger partial charge in [0.05, 0.1) is 19.1 Å². The van der Waals surface area contributed by atoms with Gasteiger partial charge in [-0.1, -0.05) is 17.7 Å². The molecule has 2 rings (SSSR count). The van der Waals surface area contributed by atoms with E-state index in [1.54, 1.807) is 12.1 Å². The molecule has 1 atom stereocenters. The number of aryl methyl sites for hydroxylation is 1. The van der Waals surface area contributed by atoms with Crippen molar-refractivity contribution in [3.8, 4) is 5.75 Å². The molecule has 0 aromatic heterocycles. The number of benzene rings is 2. The summed E-state index contributed by atoms with van der Waals surface area (Å²) < 4.78 is 43.9. The molecule has 0 aliphatic heterocycles. The number of rotatable bonds is 7. The third kappa shape index (κ3) is 4.51. The van der Waals surface area contributed by atoms with Crippen molar-refractivity contribution in [3.63, 3.8) is 0 Å². The van der Waals surface area contributed by atoms with Gasteiger partial charge in [0.25, 0.3) is 0 Å². The zero-order valence-corrected chi connectivity index (χ0v) is 15.5. The molecule has 0 heterocycles. The zero-order valence-electron chi connectivity index (χ0n) is 14.6. The maximum absolute atomic E-state index is 13.2. The fraction of sp³-hybridized carbons (Fsp3) is 0.278. The predicted molar refractivity (Wildman–Crippen MR) is 96.6 cm³/mol. The molecule has 26 heavy (non-hydrogen) atoms. The van der Waals surface area contributed by atoms with Crippen molar-refractivity contribution in [1.29, 1.82) is 0 Å². The van der Waals surface area contributed by atoms with Crippen LogP contribution in [0.5, 0.6) is 5.75 Å². The molecule has 0 saturated heterocycles. The number of halogens is 1. The van der Waals surface area contributed by atoms with Gasteiger partial charge in [0.2, 0.25) is 10.0 Å². The van der Waals surface area contributed by atoms with E-state index in [9.17, 15) is 22.7 Å². The molecular formula is C18H20FNO5S. The van der Waals surface area contributed by atoms with Crippen LogP contribution in [-0.4, -0.2) is 38.9 Å². The van der Waals surface area contributed by atoms with Gasteiger partial charge in [0, 0.05) is 6.42 Å². The van der Waals surface area contributed by atoms with Gasteiger partial charge in [-0.05, 0) is 42.8 Å². The smallest absolute Gasteiger partial charge is 0.327 e. The first-order chi connectivity index (χ1) is 12.1. The monoisotopic (exact) mass is 381 g/mol. The molecule has 0 radical (unpaired) electrons. The van der Waals surface area contributed by atoms with Crippen molar-refractivity contribution >= 4 is 21.7 Å². The summed E-state index contributed by atoms with van der Waals surface area (Å²) in [7, 11) is -2.48. The molecule has 0 amide bonds. The summed E-state index contributed by atoms with van der Waals surface area (Å²) in [4.78, 5) is 11.9. The Hall–Kier alpha value is -2.61. The number of nitrogens with zero attached hydrogens (tertiary/aromatic N) is 1. The molecule has 140 valence electrons. The Morgan fingerprint density at radius 2 is 1.85 bits per heavy atom. The van der Waals surface area contributed by atoms with Gasteiger partial charge in [-0.15, -0.1) is 0 Å². The topological polar surface area (TPSA) is 83.9 Å². The Labute approximate surface area is 151 Å². The fourth-order valence-electron chi connectivity index (χ4n) is 2.74. The number of methoxy groups -OCH3 is 1. The zero-order chi connectivity index (χ0) is 19.5. The van der Waals surface area contributed by atoms with E-state index < -0.39 is 27.9 Å². The first-order valence-corrected chi connectivity index (χ1v) is 9.59. The molecule has 6 nitrogen and oxygen atoms in total. The van der Waals surface area contributed by atoms with E-state index in [-0.39, 0.29) is 12.1 Å². The molecule has 0 bridgehead atoms. The van der Waals surface area contributed by atoms with Gasteiger partial charge in [0.15, 0.2) is 0 Å². The minimum Gasteiger partial charge on any atom is -0.496 e. The minimum absolute atomic E-state index is 0.0768. The minimum atomic E-state index is -3.94. The highest BCUT2D eigenvalue weighted by atomic mass is 32.2. The summed E-state index contributed by atoms with van der Waals surface area (Å²) in [6, 6.07) is 8.49. The molecule has 0 saturated carbocycles. The maximum Gasteiger partial charge on any atom is 0.327 e. The van der Waals surface area contributed by atoms with Gasteiger partial charge in [-0.25, -0.2) is 17.6 Å². The third-order valence-corrected chi connectivity index (χ3v) is 5.04. The van der Waals surface area contributed by atoms with Crippen LogP contribution in [0.1, 0.15) is 11.1 Å². The number of sulfonamides is 1. The molecule has 0 aliphatic carbocycles. The van der Waals surface area contributed by atoms with Crippen molar-refractivity contribution in [1.82, 2.24) is 0 Å². The van der Waals surface area contributed by atoms with Crippen LogP contribution < -0.4 is 9.04 Å². The Bertz CT molecular complexity index is 896. The van der Waals surface area contributed by atoms with E-state index in [1.807, 2.05) is 13.0 Å². The largest absolute Gasteiger partial charge is 0.496 e. The number of carbonyl (C=O) groups is 1. The third-order valence-electron chi connectivity index (χ3n) is 3.86. The summed E-state index contributed by atoms with van der Waals surface area (Å²) in [5, 5.41) is 9.70. The molecule has 0 spiro atoms. The second-order valence-corrected chi connectivity index (χ2v) is 7.77. The first-order valence-electron chi connectivity index (χ1n) is 7.74. The van der Waals surface area contributed by atoms with E-state index in [1.165, 1.54) is 19.2 Å². The van der Waals surface area contributed by atoms with E-state index in [0.717, 1.165) is 28.3 Å². The highest BCUT2D eigenvalue weighted by Crippen LogP contribution is 2.27. The lowest BCUT2D eigenvalue weighted by atomic mass is 10.0. The molecule has 1 unspecified atom stereocenters. The number of hydrogen-bond donors (Lipinski definition) is 1. The Kier molecular flexibility index (Phi) is 5.86. The van der Waals surface area contributed by atoms with E-state index in [2.05, 4.69) is 0 Å². The van der Waals surface area contributed by atoms with Crippen LogP contribution in [0.4, 0.5) is 10.1 Å². The molecule has 0 aliphatic rings. The molecule has 8 heteroatoms.